The van der Waals surface area contributed by atoms with Gasteiger partial charge in [0.2, 0.25) is 0 Å². The molecule has 4 heteroatoms. The second-order valence-electron chi connectivity index (χ2n) is 5.05. The molecule has 0 aromatic rings. The highest BCUT2D eigenvalue weighted by Gasteiger charge is 2.34. The third-order valence-corrected chi connectivity index (χ3v) is 3.89. The van der Waals surface area contributed by atoms with Crippen LogP contribution in [-0.2, 0) is 11.4 Å². The molecule has 0 saturated heterocycles. The lowest BCUT2D eigenvalue weighted by molar-refractivity contribution is 0.374. The van der Waals surface area contributed by atoms with E-state index in [2.05, 4.69) is 10.8 Å². The zero-order chi connectivity index (χ0) is 11.6. The summed E-state index contributed by atoms with van der Waals surface area (Å²) in [5, 5.41) is 8.89. The topological polar surface area (TPSA) is 58.9 Å². The Morgan fingerprint density at radius 2 is 1.71 bits per heavy atom. The average Bonchev–Trinajstić information content (AvgIpc) is 2.02. The van der Waals surface area contributed by atoms with Gasteiger partial charge in [-0.25, -0.2) is 0 Å². The first kappa shape index (κ1) is 13.8. The van der Waals surface area contributed by atoms with Crippen LogP contribution in [0.1, 0.15) is 41.5 Å². The van der Waals surface area contributed by atoms with Crippen molar-refractivity contribution in [3.8, 4) is 6.07 Å². The summed E-state index contributed by atoms with van der Waals surface area (Å²) in [6.45, 7) is 11.3. The molecule has 0 aliphatic carbocycles. The van der Waals surface area contributed by atoms with Gasteiger partial charge in [-0.2, -0.15) is 5.26 Å². The van der Waals surface area contributed by atoms with Crippen molar-refractivity contribution in [3.05, 3.63) is 0 Å². The maximum absolute atomic E-state index is 11.7. The first-order valence-corrected chi connectivity index (χ1v) is 5.85. The first-order valence-electron chi connectivity index (χ1n) is 4.70. The van der Waals surface area contributed by atoms with Gasteiger partial charge in [0.1, 0.15) is 4.75 Å². The summed E-state index contributed by atoms with van der Waals surface area (Å²) in [6.07, 6.45) is 0. The smallest absolute Gasteiger partial charge is 0.136 e. The lowest BCUT2D eigenvalue weighted by Crippen LogP contribution is -2.48. The van der Waals surface area contributed by atoms with Crippen molar-refractivity contribution < 1.29 is 4.55 Å². The van der Waals surface area contributed by atoms with E-state index in [-0.39, 0.29) is 10.8 Å². The molecule has 0 saturated carbocycles. The summed E-state index contributed by atoms with van der Waals surface area (Å²) < 4.78 is 14.4. The highest BCUT2D eigenvalue weighted by atomic mass is 32.2. The van der Waals surface area contributed by atoms with E-state index in [0.717, 1.165) is 0 Å². The van der Waals surface area contributed by atoms with Gasteiger partial charge < -0.3 is 4.55 Å². The van der Waals surface area contributed by atoms with Crippen LogP contribution in [0.4, 0.5) is 0 Å². The van der Waals surface area contributed by atoms with E-state index in [1.54, 1.807) is 0 Å². The number of hydrogen-bond donors (Lipinski definition) is 1. The van der Waals surface area contributed by atoms with E-state index >= 15 is 0 Å². The van der Waals surface area contributed by atoms with Gasteiger partial charge in [-0.1, -0.05) is 0 Å². The summed E-state index contributed by atoms with van der Waals surface area (Å²) in [5.41, 5.74) is -0.499. The number of nitrogens with one attached hydrogen (secondary N) is 1. The average molecular weight is 216 g/mol. The number of rotatable bonds is 3. The maximum Gasteiger partial charge on any atom is 0.136 e. The largest absolute Gasteiger partial charge is 0.598 e. The van der Waals surface area contributed by atoms with Crippen LogP contribution in [0.15, 0.2) is 0 Å². The number of nitriles is 1. The summed E-state index contributed by atoms with van der Waals surface area (Å²) >= 11 is -1.12. The molecule has 0 fully saturated rings. The Bertz CT molecular complexity index is 227. The van der Waals surface area contributed by atoms with Crippen LogP contribution < -0.4 is 4.72 Å². The van der Waals surface area contributed by atoms with Gasteiger partial charge >= 0.3 is 0 Å². The van der Waals surface area contributed by atoms with Crippen LogP contribution >= 0.6 is 0 Å². The van der Waals surface area contributed by atoms with Crippen molar-refractivity contribution >= 4 is 11.4 Å². The molecule has 0 rings (SSSR count). The Hall–Kier alpha value is -0.240. The third-order valence-electron chi connectivity index (χ3n) is 2.21. The Morgan fingerprint density at radius 3 is 2.00 bits per heavy atom. The van der Waals surface area contributed by atoms with E-state index in [0.29, 0.717) is 0 Å². The van der Waals surface area contributed by atoms with Crippen LogP contribution in [0, 0.1) is 16.7 Å². The molecule has 0 bridgehead atoms. The molecule has 0 spiro atoms. The molecule has 2 atom stereocenters. The number of nitrogens with zero attached hydrogens (tertiary/aromatic N) is 1. The maximum atomic E-state index is 11.7. The predicted octanol–water partition coefficient (Wildman–Crippen LogP) is 1.98. The van der Waals surface area contributed by atoms with Crippen molar-refractivity contribution in [1.29, 1.82) is 5.26 Å². The van der Waals surface area contributed by atoms with Gasteiger partial charge in [-0.15, -0.1) is 4.72 Å². The third kappa shape index (κ3) is 3.87. The fraction of sp³-hybridized carbons (Fsp3) is 0.900. The molecular formula is C10H20N2OS. The fourth-order valence-corrected chi connectivity index (χ4v) is 1.55. The predicted molar refractivity (Wildman–Crippen MR) is 59.9 cm³/mol. The quantitative estimate of drug-likeness (QED) is 0.734. The van der Waals surface area contributed by atoms with Crippen molar-refractivity contribution in [2.75, 3.05) is 0 Å². The summed E-state index contributed by atoms with van der Waals surface area (Å²) in [5.74, 6) is 0. The minimum atomic E-state index is -1.12. The summed E-state index contributed by atoms with van der Waals surface area (Å²) in [6, 6.07) is 2.11. The second-order valence-corrected chi connectivity index (χ2v) is 7.05. The SMILES string of the molecule is C[C@@H](N[S+]([O-])C(C)(C)C)C(C)(C)C#N. The molecule has 0 aromatic carbocycles. The van der Waals surface area contributed by atoms with Crippen LogP contribution in [0.3, 0.4) is 0 Å². The Labute approximate surface area is 90.2 Å². The van der Waals surface area contributed by atoms with E-state index in [1.165, 1.54) is 0 Å². The van der Waals surface area contributed by atoms with Gasteiger partial charge in [0, 0.05) is 11.4 Å². The van der Waals surface area contributed by atoms with Crippen LogP contribution in [0.25, 0.3) is 0 Å². The highest BCUT2D eigenvalue weighted by molar-refractivity contribution is 7.90. The number of hydrogen-bond acceptors (Lipinski definition) is 3. The molecular weight excluding hydrogens is 196 g/mol. The summed E-state index contributed by atoms with van der Waals surface area (Å²) in [7, 11) is 0. The standard InChI is InChI=1S/C10H20N2OS/c1-8(10(5,6)7-11)12-14(13)9(2,3)4/h8,12H,1-6H3/t8-,14?/m1/s1. The minimum absolute atomic E-state index is 0.0902. The van der Waals surface area contributed by atoms with Crippen LogP contribution in [0.5, 0.6) is 0 Å². The van der Waals surface area contributed by atoms with Gasteiger partial charge in [0.15, 0.2) is 0 Å². The molecule has 0 radical (unpaired) electrons. The van der Waals surface area contributed by atoms with Crippen LogP contribution in [-0.4, -0.2) is 15.3 Å². The first-order chi connectivity index (χ1) is 6.11. The molecule has 82 valence electrons. The van der Waals surface area contributed by atoms with Gasteiger partial charge in [0.25, 0.3) is 0 Å². The van der Waals surface area contributed by atoms with Gasteiger partial charge in [0.05, 0.1) is 17.5 Å². The Morgan fingerprint density at radius 1 is 1.29 bits per heavy atom. The normalized spacial score (nSPS) is 17.3. The molecule has 3 nitrogen and oxygen atoms in total. The molecule has 14 heavy (non-hydrogen) atoms. The van der Waals surface area contributed by atoms with E-state index in [9.17, 15) is 4.55 Å². The van der Waals surface area contributed by atoms with Crippen molar-refractivity contribution in [1.82, 2.24) is 4.72 Å². The molecule has 0 amide bonds. The van der Waals surface area contributed by atoms with E-state index < -0.39 is 16.8 Å². The Kier molecular flexibility index (Phi) is 4.44. The molecule has 0 aromatic heterocycles. The zero-order valence-corrected chi connectivity index (χ0v) is 10.7. The van der Waals surface area contributed by atoms with E-state index in [1.807, 2.05) is 41.5 Å². The second kappa shape index (κ2) is 4.52. The van der Waals surface area contributed by atoms with Gasteiger partial charge in [-0.05, 0) is 41.5 Å². The molecule has 0 aliphatic heterocycles. The zero-order valence-electron chi connectivity index (χ0n) is 9.84. The molecule has 0 heterocycles. The van der Waals surface area contributed by atoms with Crippen molar-refractivity contribution in [3.63, 3.8) is 0 Å². The lowest BCUT2D eigenvalue weighted by atomic mass is 9.88. The van der Waals surface area contributed by atoms with Crippen molar-refractivity contribution in [2.45, 2.75) is 52.3 Å². The highest BCUT2D eigenvalue weighted by Crippen LogP contribution is 2.22. The molecule has 1 N–H and O–H groups in total. The van der Waals surface area contributed by atoms with Crippen molar-refractivity contribution in [2.24, 2.45) is 5.41 Å². The van der Waals surface area contributed by atoms with Gasteiger partial charge in [-0.3, -0.25) is 0 Å². The Balaban J connectivity index is 4.36. The minimum Gasteiger partial charge on any atom is -0.598 e. The van der Waals surface area contributed by atoms with Crippen LogP contribution in [0.2, 0.25) is 0 Å². The molecule has 0 aliphatic rings. The lowest BCUT2D eigenvalue weighted by Gasteiger charge is -2.30. The monoisotopic (exact) mass is 216 g/mol. The molecule has 1 unspecified atom stereocenters. The fourth-order valence-electron chi connectivity index (χ4n) is 0.581. The summed E-state index contributed by atoms with van der Waals surface area (Å²) in [4.78, 5) is 0. The van der Waals surface area contributed by atoms with E-state index in [4.69, 9.17) is 5.26 Å².